The molecule has 0 saturated heterocycles. The average Bonchev–Trinajstić information content (AvgIpc) is 2.27. The fraction of sp³-hybridized carbons (Fsp3) is 0.538. The standard InChI is InChI=1S/C13H17BrFNO/c1-17-13(5-2-6-13)8-12(16)9-3-4-11(15)10(14)7-9/h3-4,7,12H,2,5-6,8,16H2,1H3. The van der Waals surface area contributed by atoms with Gasteiger partial charge in [-0.2, -0.15) is 0 Å². The molecule has 0 aliphatic heterocycles. The van der Waals surface area contributed by atoms with E-state index >= 15 is 0 Å². The van der Waals surface area contributed by atoms with Gasteiger partial charge >= 0.3 is 0 Å². The van der Waals surface area contributed by atoms with Gasteiger partial charge in [-0.3, -0.25) is 0 Å². The van der Waals surface area contributed by atoms with Crippen molar-refractivity contribution in [2.24, 2.45) is 5.73 Å². The molecule has 2 rings (SSSR count). The second-order valence-electron chi connectivity index (χ2n) is 4.72. The Labute approximate surface area is 109 Å². The molecule has 0 heterocycles. The Balaban J connectivity index is 2.08. The van der Waals surface area contributed by atoms with Crippen LogP contribution in [0.5, 0.6) is 0 Å². The molecule has 4 heteroatoms. The minimum Gasteiger partial charge on any atom is -0.378 e. The predicted molar refractivity (Wildman–Crippen MR) is 69.2 cm³/mol. The molecule has 2 N–H and O–H groups in total. The molecule has 1 unspecified atom stereocenters. The Morgan fingerprint density at radius 3 is 2.71 bits per heavy atom. The zero-order valence-electron chi connectivity index (χ0n) is 9.88. The predicted octanol–water partition coefficient (Wildman–Crippen LogP) is 3.55. The molecule has 1 aliphatic carbocycles. The summed E-state index contributed by atoms with van der Waals surface area (Å²) in [4.78, 5) is 0. The van der Waals surface area contributed by atoms with E-state index in [1.165, 1.54) is 12.5 Å². The van der Waals surface area contributed by atoms with Gasteiger partial charge in [0.2, 0.25) is 0 Å². The Hall–Kier alpha value is -0.450. The Bertz CT molecular complexity index is 401. The normalized spacial score (nSPS) is 19.8. The second-order valence-corrected chi connectivity index (χ2v) is 5.58. The lowest BCUT2D eigenvalue weighted by Crippen LogP contribution is -2.41. The summed E-state index contributed by atoms with van der Waals surface area (Å²) in [6.45, 7) is 0. The van der Waals surface area contributed by atoms with Crippen LogP contribution < -0.4 is 5.73 Å². The third-order valence-electron chi connectivity index (χ3n) is 3.66. The first kappa shape index (κ1) is 13.0. The summed E-state index contributed by atoms with van der Waals surface area (Å²) in [5, 5.41) is 0. The van der Waals surface area contributed by atoms with Gasteiger partial charge in [0.1, 0.15) is 5.82 Å². The summed E-state index contributed by atoms with van der Waals surface area (Å²) in [5.74, 6) is -0.258. The van der Waals surface area contributed by atoms with E-state index in [-0.39, 0.29) is 17.5 Å². The van der Waals surface area contributed by atoms with Crippen molar-refractivity contribution in [1.29, 1.82) is 0 Å². The molecule has 2 nitrogen and oxygen atoms in total. The van der Waals surface area contributed by atoms with Crippen molar-refractivity contribution in [3.05, 3.63) is 34.1 Å². The molecule has 0 bridgehead atoms. The number of ether oxygens (including phenoxy) is 1. The van der Waals surface area contributed by atoms with Crippen LogP contribution in [0, 0.1) is 5.82 Å². The summed E-state index contributed by atoms with van der Waals surface area (Å²) in [7, 11) is 1.74. The van der Waals surface area contributed by atoms with Crippen molar-refractivity contribution in [3.8, 4) is 0 Å². The van der Waals surface area contributed by atoms with Crippen LogP contribution in [0.2, 0.25) is 0 Å². The minimum atomic E-state index is -0.258. The maximum absolute atomic E-state index is 13.1. The highest BCUT2D eigenvalue weighted by Gasteiger charge is 2.38. The molecule has 17 heavy (non-hydrogen) atoms. The lowest BCUT2D eigenvalue weighted by atomic mass is 9.75. The van der Waals surface area contributed by atoms with Gasteiger partial charge in [-0.1, -0.05) is 6.07 Å². The second kappa shape index (κ2) is 5.04. The molecule has 1 fully saturated rings. The largest absolute Gasteiger partial charge is 0.378 e. The first-order valence-corrected chi connectivity index (χ1v) is 6.61. The summed E-state index contributed by atoms with van der Waals surface area (Å²) >= 11 is 3.18. The molecule has 0 spiro atoms. The van der Waals surface area contributed by atoms with Gasteiger partial charge in [-0.15, -0.1) is 0 Å². The zero-order chi connectivity index (χ0) is 12.5. The molecular weight excluding hydrogens is 285 g/mol. The van der Waals surface area contributed by atoms with E-state index in [2.05, 4.69) is 15.9 Å². The van der Waals surface area contributed by atoms with Crippen LogP contribution >= 0.6 is 15.9 Å². The van der Waals surface area contributed by atoms with Crippen molar-refractivity contribution in [3.63, 3.8) is 0 Å². The van der Waals surface area contributed by atoms with E-state index in [0.29, 0.717) is 4.47 Å². The third kappa shape index (κ3) is 2.69. The van der Waals surface area contributed by atoms with Gasteiger partial charge in [0.15, 0.2) is 0 Å². The number of rotatable bonds is 4. The highest BCUT2D eigenvalue weighted by atomic mass is 79.9. The van der Waals surface area contributed by atoms with Crippen molar-refractivity contribution in [1.82, 2.24) is 0 Å². The minimum absolute atomic E-state index is 0.0553. The van der Waals surface area contributed by atoms with Gasteiger partial charge in [0.05, 0.1) is 10.1 Å². The van der Waals surface area contributed by atoms with Crippen LogP contribution in [0.1, 0.15) is 37.3 Å². The van der Waals surface area contributed by atoms with Crippen LogP contribution in [0.3, 0.4) is 0 Å². The SMILES string of the molecule is COC1(CC(N)c2ccc(F)c(Br)c2)CCC1. The summed E-state index contributed by atoms with van der Waals surface area (Å²) in [6.07, 6.45) is 4.13. The molecule has 94 valence electrons. The van der Waals surface area contributed by atoms with Crippen LogP contribution in [0.15, 0.2) is 22.7 Å². The molecule has 1 saturated carbocycles. The number of methoxy groups -OCH3 is 1. The quantitative estimate of drug-likeness (QED) is 0.923. The van der Waals surface area contributed by atoms with E-state index in [0.717, 1.165) is 24.8 Å². The van der Waals surface area contributed by atoms with Crippen LogP contribution in [0.25, 0.3) is 0 Å². The zero-order valence-corrected chi connectivity index (χ0v) is 11.5. The fourth-order valence-electron chi connectivity index (χ4n) is 2.32. The number of nitrogens with two attached hydrogens (primary N) is 1. The van der Waals surface area contributed by atoms with Gasteiger partial charge < -0.3 is 10.5 Å². The van der Waals surface area contributed by atoms with Crippen molar-refractivity contribution < 1.29 is 9.13 Å². The lowest BCUT2D eigenvalue weighted by Gasteiger charge is -2.42. The van der Waals surface area contributed by atoms with E-state index in [9.17, 15) is 4.39 Å². The van der Waals surface area contributed by atoms with Gasteiger partial charge in [-0.25, -0.2) is 4.39 Å². The van der Waals surface area contributed by atoms with E-state index < -0.39 is 0 Å². The maximum atomic E-state index is 13.1. The highest BCUT2D eigenvalue weighted by Crippen LogP contribution is 2.41. The first-order chi connectivity index (χ1) is 8.06. The van der Waals surface area contributed by atoms with E-state index in [1.807, 2.05) is 0 Å². The summed E-state index contributed by atoms with van der Waals surface area (Å²) in [5.41, 5.74) is 7.05. The fourth-order valence-corrected chi connectivity index (χ4v) is 2.72. The van der Waals surface area contributed by atoms with E-state index in [4.69, 9.17) is 10.5 Å². The summed E-state index contributed by atoms with van der Waals surface area (Å²) < 4.78 is 19.1. The molecule has 1 aliphatic rings. The molecule has 1 atom stereocenters. The molecule has 0 aromatic heterocycles. The topological polar surface area (TPSA) is 35.2 Å². The number of halogens is 2. The average molecular weight is 302 g/mol. The molecular formula is C13H17BrFNO. The van der Waals surface area contributed by atoms with E-state index in [1.54, 1.807) is 19.2 Å². The lowest BCUT2D eigenvalue weighted by molar-refractivity contribution is -0.0817. The molecule has 1 aromatic rings. The third-order valence-corrected chi connectivity index (χ3v) is 4.27. The Kier molecular flexibility index (Phi) is 3.85. The van der Waals surface area contributed by atoms with Crippen LogP contribution in [-0.4, -0.2) is 12.7 Å². The number of hydrogen-bond acceptors (Lipinski definition) is 2. The van der Waals surface area contributed by atoms with Crippen LogP contribution in [-0.2, 0) is 4.74 Å². The molecule has 1 aromatic carbocycles. The van der Waals surface area contributed by atoms with Gasteiger partial charge in [0.25, 0.3) is 0 Å². The Morgan fingerprint density at radius 2 is 2.24 bits per heavy atom. The van der Waals surface area contributed by atoms with Crippen LogP contribution in [0.4, 0.5) is 4.39 Å². The van der Waals surface area contributed by atoms with Gasteiger partial charge in [0, 0.05) is 13.2 Å². The molecule has 0 radical (unpaired) electrons. The number of benzene rings is 1. The van der Waals surface area contributed by atoms with Crippen molar-refractivity contribution >= 4 is 15.9 Å². The smallest absolute Gasteiger partial charge is 0.137 e. The first-order valence-electron chi connectivity index (χ1n) is 5.82. The van der Waals surface area contributed by atoms with Crippen molar-refractivity contribution in [2.45, 2.75) is 37.3 Å². The molecule has 0 amide bonds. The summed E-state index contributed by atoms with van der Waals surface area (Å²) in [6, 6.07) is 4.83. The maximum Gasteiger partial charge on any atom is 0.137 e. The van der Waals surface area contributed by atoms with Crippen molar-refractivity contribution in [2.75, 3.05) is 7.11 Å². The Morgan fingerprint density at radius 1 is 1.53 bits per heavy atom. The highest BCUT2D eigenvalue weighted by molar-refractivity contribution is 9.10. The monoisotopic (exact) mass is 301 g/mol. The number of hydrogen-bond donors (Lipinski definition) is 1. The van der Waals surface area contributed by atoms with Gasteiger partial charge in [-0.05, 0) is 59.3 Å².